The van der Waals surface area contributed by atoms with E-state index < -0.39 is 10.0 Å². The maximum absolute atomic E-state index is 13.1. The zero-order valence-electron chi connectivity index (χ0n) is 17.1. The lowest BCUT2D eigenvalue weighted by atomic mass is 10.2. The molecule has 0 spiro atoms. The fraction of sp³-hybridized carbons (Fsp3) is 0.238. The van der Waals surface area contributed by atoms with Crippen LogP contribution in [0.2, 0.25) is 10.0 Å². The number of aryl methyl sites for hydroxylation is 1. The van der Waals surface area contributed by atoms with Gasteiger partial charge in [-0.1, -0.05) is 40.6 Å². The van der Waals surface area contributed by atoms with Gasteiger partial charge in [0.1, 0.15) is 4.88 Å². The molecule has 168 valence electrons. The number of nitrogens with one attached hydrogen (secondary N) is 1. The molecular formula is C21H20Cl2N4O3S2. The lowest BCUT2D eigenvalue weighted by molar-refractivity contribution is 0.0750. The first kappa shape index (κ1) is 22.8. The Morgan fingerprint density at radius 1 is 1.03 bits per heavy atom. The van der Waals surface area contributed by atoms with Crippen molar-refractivity contribution in [2.75, 3.05) is 35.8 Å². The van der Waals surface area contributed by atoms with Crippen LogP contribution in [0.4, 0.5) is 10.8 Å². The second-order valence-corrected chi connectivity index (χ2v) is 10.8. The highest BCUT2D eigenvalue weighted by atomic mass is 35.5. The number of benzene rings is 2. The molecule has 0 unspecified atom stereocenters. The number of rotatable bonds is 5. The van der Waals surface area contributed by atoms with Gasteiger partial charge in [0, 0.05) is 41.9 Å². The lowest BCUT2D eigenvalue weighted by Gasteiger charge is -2.36. The van der Waals surface area contributed by atoms with Crippen molar-refractivity contribution in [1.82, 2.24) is 9.88 Å². The summed E-state index contributed by atoms with van der Waals surface area (Å²) in [6.07, 6.45) is 0. The van der Waals surface area contributed by atoms with Crippen LogP contribution in [0.15, 0.2) is 53.4 Å². The Bertz CT molecular complexity index is 1240. The number of nitrogens with zero attached hydrogens (tertiary/aromatic N) is 3. The summed E-state index contributed by atoms with van der Waals surface area (Å²) in [5, 5.41) is 1.27. The third-order valence-electron chi connectivity index (χ3n) is 5.08. The van der Waals surface area contributed by atoms with E-state index >= 15 is 0 Å². The molecule has 0 aliphatic carbocycles. The quantitative estimate of drug-likeness (QED) is 0.545. The van der Waals surface area contributed by atoms with E-state index in [-0.39, 0.29) is 15.9 Å². The van der Waals surface area contributed by atoms with Crippen LogP contribution in [0.1, 0.15) is 15.4 Å². The number of piperazine rings is 1. The summed E-state index contributed by atoms with van der Waals surface area (Å²) in [5.74, 6) is -0.150. The number of sulfonamides is 1. The number of amides is 1. The van der Waals surface area contributed by atoms with E-state index in [2.05, 4.69) is 14.6 Å². The minimum Gasteiger partial charge on any atom is -0.368 e. The highest BCUT2D eigenvalue weighted by molar-refractivity contribution is 7.93. The van der Waals surface area contributed by atoms with Crippen LogP contribution in [-0.4, -0.2) is 50.4 Å². The molecule has 1 aromatic heterocycles. The van der Waals surface area contributed by atoms with E-state index in [0.29, 0.717) is 46.8 Å². The van der Waals surface area contributed by atoms with Crippen molar-refractivity contribution in [2.24, 2.45) is 0 Å². The molecule has 2 aromatic carbocycles. The number of carbonyl (C=O) groups excluding carboxylic acids is 1. The molecule has 1 aliphatic heterocycles. The van der Waals surface area contributed by atoms with Gasteiger partial charge in [0.25, 0.3) is 15.9 Å². The van der Waals surface area contributed by atoms with Gasteiger partial charge in [-0.25, -0.2) is 13.4 Å². The van der Waals surface area contributed by atoms with Gasteiger partial charge in [-0.05, 0) is 49.4 Å². The molecule has 1 N–H and O–H groups in total. The summed E-state index contributed by atoms with van der Waals surface area (Å²) in [6.45, 7) is 4.16. The number of carbonyl (C=O) groups is 1. The van der Waals surface area contributed by atoms with Crippen molar-refractivity contribution in [1.29, 1.82) is 0 Å². The molecule has 0 radical (unpaired) electrons. The Balaban J connectivity index is 1.43. The first-order valence-electron chi connectivity index (χ1n) is 9.78. The molecule has 1 fully saturated rings. The van der Waals surface area contributed by atoms with Crippen molar-refractivity contribution in [3.05, 3.63) is 69.1 Å². The van der Waals surface area contributed by atoms with Crippen molar-refractivity contribution in [2.45, 2.75) is 11.8 Å². The Morgan fingerprint density at radius 2 is 1.72 bits per heavy atom. The highest BCUT2D eigenvalue weighted by Crippen LogP contribution is 2.28. The number of hydrogen-bond acceptors (Lipinski definition) is 6. The number of aromatic nitrogens is 1. The molecule has 4 rings (SSSR count). The van der Waals surface area contributed by atoms with Crippen molar-refractivity contribution in [3.63, 3.8) is 0 Å². The molecule has 2 heterocycles. The standard InChI is InChI=1S/C21H20Cl2N4O3S2/c1-14-19(31-21(24-14)25-32(29,30)18-7-5-15(22)6-8-18)20(28)27-11-9-26(10-12-27)17-4-2-3-16(23)13-17/h2-8,13H,9-12H2,1H3,(H,24,25). The molecule has 0 atom stereocenters. The first-order chi connectivity index (χ1) is 15.2. The van der Waals surface area contributed by atoms with Gasteiger partial charge in [-0.2, -0.15) is 0 Å². The minimum atomic E-state index is -3.83. The van der Waals surface area contributed by atoms with E-state index in [1.807, 2.05) is 24.3 Å². The lowest BCUT2D eigenvalue weighted by Crippen LogP contribution is -2.48. The van der Waals surface area contributed by atoms with Gasteiger partial charge in [0.15, 0.2) is 5.13 Å². The Hall–Kier alpha value is -2.33. The minimum absolute atomic E-state index is 0.0692. The van der Waals surface area contributed by atoms with Crippen molar-refractivity contribution in [3.8, 4) is 0 Å². The maximum Gasteiger partial charge on any atom is 0.266 e. The predicted octanol–water partition coefficient (Wildman–Crippen LogP) is 4.52. The molecule has 1 saturated heterocycles. The van der Waals surface area contributed by atoms with Crippen LogP contribution in [-0.2, 0) is 10.0 Å². The van der Waals surface area contributed by atoms with E-state index in [1.165, 1.54) is 24.3 Å². The van der Waals surface area contributed by atoms with Crippen LogP contribution in [0.3, 0.4) is 0 Å². The smallest absolute Gasteiger partial charge is 0.266 e. The summed E-state index contributed by atoms with van der Waals surface area (Å²) >= 11 is 12.9. The Kier molecular flexibility index (Phi) is 6.62. The predicted molar refractivity (Wildman–Crippen MR) is 129 cm³/mol. The van der Waals surface area contributed by atoms with Crippen molar-refractivity contribution < 1.29 is 13.2 Å². The van der Waals surface area contributed by atoms with Crippen LogP contribution < -0.4 is 9.62 Å². The van der Waals surface area contributed by atoms with E-state index in [1.54, 1.807) is 11.8 Å². The Labute approximate surface area is 200 Å². The van der Waals surface area contributed by atoms with Gasteiger partial charge in [0.2, 0.25) is 0 Å². The van der Waals surface area contributed by atoms with Gasteiger partial charge in [0.05, 0.1) is 10.6 Å². The first-order valence-corrected chi connectivity index (χ1v) is 12.8. The van der Waals surface area contributed by atoms with E-state index in [9.17, 15) is 13.2 Å². The molecule has 1 aliphatic rings. The number of halogens is 2. The molecule has 11 heteroatoms. The van der Waals surface area contributed by atoms with Crippen LogP contribution in [0.25, 0.3) is 0 Å². The number of hydrogen-bond donors (Lipinski definition) is 1. The molecule has 0 saturated carbocycles. The second kappa shape index (κ2) is 9.27. The molecular weight excluding hydrogens is 491 g/mol. The summed E-state index contributed by atoms with van der Waals surface area (Å²) in [5.41, 5.74) is 1.52. The third-order valence-corrected chi connectivity index (χ3v) is 8.11. The normalized spacial score (nSPS) is 14.5. The number of thiazole rings is 1. The third kappa shape index (κ3) is 5.01. The van der Waals surface area contributed by atoms with Gasteiger partial charge < -0.3 is 9.80 Å². The van der Waals surface area contributed by atoms with Crippen LogP contribution in [0, 0.1) is 6.92 Å². The fourth-order valence-corrected chi connectivity index (χ4v) is 5.89. The molecule has 0 bridgehead atoms. The van der Waals surface area contributed by atoms with Gasteiger partial charge in [-0.3, -0.25) is 9.52 Å². The van der Waals surface area contributed by atoms with Crippen molar-refractivity contribution >= 4 is 61.3 Å². The van der Waals surface area contributed by atoms with E-state index in [0.717, 1.165) is 17.0 Å². The maximum atomic E-state index is 13.1. The average molecular weight is 511 g/mol. The number of anilines is 2. The largest absolute Gasteiger partial charge is 0.368 e. The summed E-state index contributed by atoms with van der Waals surface area (Å²) < 4.78 is 27.7. The molecule has 3 aromatic rings. The monoisotopic (exact) mass is 510 g/mol. The highest BCUT2D eigenvalue weighted by Gasteiger charge is 2.27. The topological polar surface area (TPSA) is 82.6 Å². The zero-order valence-corrected chi connectivity index (χ0v) is 20.2. The molecule has 7 nitrogen and oxygen atoms in total. The van der Waals surface area contributed by atoms with Crippen LogP contribution >= 0.6 is 34.5 Å². The summed E-state index contributed by atoms with van der Waals surface area (Å²) in [6, 6.07) is 13.5. The average Bonchev–Trinajstić information content (AvgIpc) is 3.13. The zero-order chi connectivity index (χ0) is 22.9. The summed E-state index contributed by atoms with van der Waals surface area (Å²) in [7, 11) is -3.83. The van der Waals surface area contributed by atoms with Gasteiger partial charge in [-0.15, -0.1) is 0 Å². The summed E-state index contributed by atoms with van der Waals surface area (Å²) in [4.78, 5) is 21.8. The second-order valence-electron chi connectivity index (χ2n) is 7.25. The van der Waals surface area contributed by atoms with Gasteiger partial charge >= 0.3 is 0 Å². The van der Waals surface area contributed by atoms with Crippen LogP contribution in [0.5, 0.6) is 0 Å². The molecule has 32 heavy (non-hydrogen) atoms. The molecule has 1 amide bonds. The fourth-order valence-electron chi connectivity index (χ4n) is 3.41. The van der Waals surface area contributed by atoms with E-state index in [4.69, 9.17) is 23.2 Å². The Morgan fingerprint density at radius 3 is 2.38 bits per heavy atom. The SMILES string of the molecule is Cc1nc(NS(=O)(=O)c2ccc(Cl)cc2)sc1C(=O)N1CCN(c2cccc(Cl)c2)CC1.